The van der Waals surface area contributed by atoms with E-state index in [-0.39, 0.29) is 12.1 Å². The molecular formula is C17H13FN2O2. The molecule has 0 aliphatic carbocycles. The van der Waals surface area contributed by atoms with Crippen LogP contribution in [0.15, 0.2) is 65.9 Å². The molecule has 0 aliphatic rings. The Bertz CT molecular complexity index is 839. The molecule has 0 saturated carbocycles. The van der Waals surface area contributed by atoms with Gasteiger partial charge in [0.2, 0.25) is 0 Å². The Morgan fingerprint density at radius 1 is 1.14 bits per heavy atom. The predicted molar refractivity (Wildman–Crippen MR) is 82.0 cm³/mol. The van der Waals surface area contributed by atoms with E-state index in [0.717, 1.165) is 10.9 Å². The molecule has 3 rings (SSSR count). The van der Waals surface area contributed by atoms with Gasteiger partial charge in [-0.2, -0.15) is 0 Å². The largest absolute Gasteiger partial charge is 0.354 e. The van der Waals surface area contributed by atoms with E-state index in [1.165, 1.54) is 12.3 Å². The molecule has 0 atom stereocenters. The number of hydrogen-bond donors (Lipinski definition) is 0. The maximum atomic E-state index is 13.4. The minimum absolute atomic E-state index is 0.0438. The minimum Gasteiger partial charge on any atom is -0.336 e. The summed E-state index contributed by atoms with van der Waals surface area (Å²) in [6.07, 6.45) is 2.99. The number of oxime groups is 1. The highest BCUT2D eigenvalue weighted by atomic mass is 19.1. The summed E-state index contributed by atoms with van der Waals surface area (Å²) in [6.45, 7) is 0.0438. The summed E-state index contributed by atoms with van der Waals surface area (Å²) >= 11 is 0. The van der Waals surface area contributed by atoms with E-state index in [0.29, 0.717) is 0 Å². The van der Waals surface area contributed by atoms with Crippen molar-refractivity contribution in [3.05, 3.63) is 72.2 Å². The van der Waals surface area contributed by atoms with Gasteiger partial charge in [0.05, 0.1) is 6.21 Å². The summed E-state index contributed by atoms with van der Waals surface area (Å²) in [5.41, 5.74) is 1.21. The van der Waals surface area contributed by atoms with Gasteiger partial charge in [-0.25, -0.2) is 9.18 Å². The lowest BCUT2D eigenvalue weighted by Gasteiger charge is -2.02. The summed E-state index contributed by atoms with van der Waals surface area (Å²) in [7, 11) is 0. The molecule has 0 saturated heterocycles. The van der Waals surface area contributed by atoms with E-state index in [1.54, 1.807) is 22.8 Å². The monoisotopic (exact) mass is 296 g/mol. The molecule has 110 valence electrons. The number of para-hydroxylation sites is 1. The lowest BCUT2D eigenvalue weighted by molar-refractivity contribution is -0.144. The average Bonchev–Trinajstić information content (AvgIpc) is 2.92. The van der Waals surface area contributed by atoms with Crippen molar-refractivity contribution in [1.29, 1.82) is 0 Å². The molecule has 0 radical (unpaired) electrons. The van der Waals surface area contributed by atoms with Gasteiger partial charge in [0, 0.05) is 17.3 Å². The number of carbonyl (C=O) groups excluding carboxylic acids is 1. The fourth-order valence-electron chi connectivity index (χ4n) is 2.17. The van der Waals surface area contributed by atoms with Gasteiger partial charge in [0.1, 0.15) is 12.4 Å². The SMILES string of the molecule is O=C(Cn1ccc2ccccc21)ON=Cc1ccccc1F. The molecule has 0 fully saturated rings. The quantitative estimate of drug-likeness (QED) is 0.421. The number of aromatic nitrogens is 1. The lowest BCUT2D eigenvalue weighted by atomic mass is 10.2. The highest BCUT2D eigenvalue weighted by Gasteiger charge is 2.07. The summed E-state index contributed by atoms with van der Waals surface area (Å²) < 4.78 is 15.1. The number of carbonyl (C=O) groups is 1. The zero-order valence-electron chi connectivity index (χ0n) is 11.6. The zero-order valence-corrected chi connectivity index (χ0v) is 11.6. The van der Waals surface area contributed by atoms with Crippen molar-refractivity contribution in [2.24, 2.45) is 5.16 Å². The Kier molecular flexibility index (Phi) is 3.96. The van der Waals surface area contributed by atoms with Gasteiger partial charge in [0.15, 0.2) is 0 Å². The first kappa shape index (κ1) is 14.0. The Morgan fingerprint density at radius 2 is 1.91 bits per heavy atom. The second-order valence-electron chi connectivity index (χ2n) is 4.72. The summed E-state index contributed by atoms with van der Waals surface area (Å²) in [4.78, 5) is 16.5. The van der Waals surface area contributed by atoms with Crippen LogP contribution < -0.4 is 0 Å². The molecular weight excluding hydrogens is 283 g/mol. The average molecular weight is 296 g/mol. The summed E-state index contributed by atoms with van der Waals surface area (Å²) in [5.74, 6) is -0.937. The number of benzene rings is 2. The van der Waals surface area contributed by atoms with Gasteiger partial charge in [0.25, 0.3) is 0 Å². The lowest BCUT2D eigenvalue weighted by Crippen LogP contribution is -2.10. The van der Waals surface area contributed by atoms with E-state index >= 15 is 0 Å². The fourth-order valence-corrected chi connectivity index (χ4v) is 2.17. The second-order valence-corrected chi connectivity index (χ2v) is 4.72. The van der Waals surface area contributed by atoms with Crippen molar-refractivity contribution in [3.8, 4) is 0 Å². The summed E-state index contributed by atoms with van der Waals surface area (Å²) in [5, 5.41) is 4.58. The third-order valence-corrected chi connectivity index (χ3v) is 3.23. The van der Waals surface area contributed by atoms with E-state index < -0.39 is 11.8 Å². The van der Waals surface area contributed by atoms with Crippen molar-refractivity contribution in [1.82, 2.24) is 4.57 Å². The minimum atomic E-state index is -0.519. The Morgan fingerprint density at radius 3 is 2.77 bits per heavy atom. The van der Waals surface area contributed by atoms with Crippen molar-refractivity contribution >= 4 is 23.1 Å². The van der Waals surface area contributed by atoms with Crippen LogP contribution in [0.5, 0.6) is 0 Å². The number of fused-ring (bicyclic) bond motifs is 1. The molecule has 0 unspecified atom stereocenters. The molecule has 0 amide bonds. The van der Waals surface area contributed by atoms with Gasteiger partial charge in [-0.15, -0.1) is 0 Å². The zero-order chi connectivity index (χ0) is 15.4. The van der Waals surface area contributed by atoms with Gasteiger partial charge in [-0.3, -0.25) is 0 Å². The third-order valence-electron chi connectivity index (χ3n) is 3.23. The van der Waals surface area contributed by atoms with Crippen LogP contribution in [0.4, 0.5) is 4.39 Å². The Labute approximate surface area is 126 Å². The molecule has 3 aromatic rings. The first-order valence-electron chi connectivity index (χ1n) is 6.75. The topological polar surface area (TPSA) is 43.6 Å². The molecule has 2 aromatic carbocycles. The highest BCUT2D eigenvalue weighted by molar-refractivity contribution is 5.82. The summed E-state index contributed by atoms with van der Waals surface area (Å²) in [6, 6.07) is 15.8. The Hall–Kier alpha value is -2.95. The molecule has 0 N–H and O–H groups in total. The van der Waals surface area contributed by atoms with E-state index in [2.05, 4.69) is 5.16 Å². The first-order valence-corrected chi connectivity index (χ1v) is 6.75. The third kappa shape index (κ3) is 3.03. The van der Waals surface area contributed by atoms with Crippen LogP contribution in [0.25, 0.3) is 10.9 Å². The molecule has 5 heteroatoms. The first-order chi connectivity index (χ1) is 10.7. The van der Waals surface area contributed by atoms with E-state index in [4.69, 9.17) is 4.84 Å². The number of halogens is 1. The van der Waals surface area contributed by atoms with Crippen LogP contribution in [0.2, 0.25) is 0 Å². The van der Waals surface area contributed by atoms with Gasteiger partial charge in [-0.1, -0.05) is 41.6 Å². The van der Waals surface area contributed by atoms with Crippen molar-refractivity contribution in [2.75, 3.05) is 0 Å². The van der Waals surface area contributed by atoms with E-state index in [1.807, 2.05) is 36.5 Å². The highest BCUT2D eigenvalue weighted by Crippen LogP contribution is 2.14. The maximum Gasteiger partial charge on any atom is 0.354 e. The Balaban J connectivity index is 1.65. The number of nitrogens with zero attached hydrogens (tertiary/aromatic N) is 2. The molecule has 0 spiro atoms. The maximum absolute atomic E-state index is 13.4. The van der Waals surface area contributed by atoms with Gasteiger partial charge >= 0.3 is 5.97 Å². The van der Waals surface area contributed by atoms with E-state index in [9.17, 15) is 9.18 Å². The molecule has 22 heavy (non-hydrogen) atoms. The predicted octanol–water partition coefficient (Wildman–Crippen LogP) is 3.36. The van der Waals surface area contributed by atoms with Crippen molar-refractivity contribution < 1.29 is 14.0 Å². The van der Waals surface area contributed by atoms with Crippen LogP contribution in [0.1, 0.15) is 5.56 Å². The molecule has 0 aliphatic heterocycles. The molecule has 4 nitrogen and oxygen atoms in total. The van der Waals surface area contributed by atoms with Gasteiger partial charge < -0.3 is 9.40 Å². The molecule has 1 heterocycles. The van der Waals surface area contributed by atoms with Crippen LogP contribution in [-0.4, -0.2) is 16.8 Å². The number of hydrogen-bond acceptors (Lipinski definition) is 3. The van der Waals surface area contributed by atoms with Crippen LogP contribution in [0.3, 0.4) is 0 Å². The fraction of sp³-hybridized carbons (Fsp3) is 0.0588. The number of rotatable bonds is 4. The molecule has 0 bridgehead atoms. The molecule has 1 aromatic heterocycles. The van der Waals surface area contributed by atoms with Crippen LogP contribution in [-0.2, 0) is 16.2 Å². The van der Waals surface area contributed by atoms with Crippen LogP contribution >= 0.6 is 0 Å². The standard InChI is InChI=1S/C17H13FN2O2/c18-15-7-3-1-6-14(15)11-19-22-17(21)12-20-10-9-13-5-2-4-8-16(13)20/h1-11H,12H2. The van der Waals surface area contributed by atoms with Crippen molar-refractivity contribution in [2.45, 2.75) is 6.54 Å². The van der Waals surface area contributed by atoms with Crippen LogP contribution in [0, 0.1) is 5.82 Å². The van der Waals surface area contributed by atoms with Gasteiger partial charge in [-0.05, 0) is 23.6 Å². The second kappa shape index (κ2) is 6.22. The van der Waals surface area contributed by atoms with Crippen molar-refractivity contribution in [3.63, 3.8) is 0 Å². The smallest absolute Gasteiger partial charge is 0.336 e. The normalized spacial score (nSPS) is 11.1.